The van der Waals surface area contributed by atoms with Crippen LogP contribution in [-0.4, -0.2) is 17.2 Å². The van der Waals surface area contributed by atoms with Gasteiger partial charge in [-0.2, -0.15) is 0 Å². The van der Waals surface area contributed by atoms with Crippen LogP contribution in [0, 0.1) is 0 Å². The zero-order chi connectivity index (χ0) is 13.2. The SMILES string of the molecule is OP1(c2ccccc2)(c2ccccc2)CCCCC1. The van der Waals surface area contributed by atoms with E-state index in [1.165, 1.54) is 17.0 Å². The number of benzene rings is 2. The van der Waals surface area contributed by atoms with Gasteiger partial charge in [-0.25, -0.2) is 0 Å². The molecule has 0 atom stereocenters. The second kappa shape index (κ2) is 4.74. The molecule has 3 rings (SSSR count). The minimum absolute atomic E-state index is 0.944. The van der Waals surface area contributed by atoms with Gasteiger partial charge in [0.05, 0.1) is 0 Å². The fourth-order valence-corrected chi connectivity index (χ4v) is 8.54. The average molecular weight is 272 g/mol. The molecule has 1 N–H and O–H groups in total. The summed E-state index contributed by atoms with van der Waals surface area (Å²) in [6.07, 6.45) is 5.41. The van der Waals surface area contributed by atoms with E-state index < -0.39 is 6.83 Å². The van der Waals surface area contributed by atoms with Crippen LogP contribution in [0.2, 0.25) is 0 Å². The standard InChI is InChI=1S/C17H21OP/c18-19(14-8-3-9-15-19,16-10-4-1-5-11-16)17-12-6-2-7-13-17/h1-2,4-7,10-13,18H,3,8-9,14-15H2. The van der Waals surface area contributed by atoms with Gasteiger partial charge in [-0.05, 0) is 0 Å². The normalized spacial score (nSPS) is 23.1. The Bertz CT molecular complexity index is 500. The van der Waals surface area contributed by atoms with Gasteiger partial charge in [0, 0.05) is 0 Å². The number of hydrogen-bond donors (Lipinski definition) is 1. The molecule has 1 aliphatic heterocycles. The van der Waals surface area contributed by atoms with Crippen molar-refractivity contribution >= 4 is 17.4 Å². The third-order valence-corrected chi connectivity index (χ3v) is 10.1. The first-order valence-corrected chi connectivity index (χ1v) is 9.66. The van der Waals surface area contributed by atoms with Gasteiger partial charge in [-0.3, -0.25) is 0 Å². The quantitative estimate of drug-likeness (QED) is 0.832. The molecule has 0 unspecified atom stereocenters. The van der Waals surface area contributed by atoms with Crippen molar-refractivity contribution in [1.82, 2.24) is 0 Å². The molecule has 0 aliphatic carbocycles. The van der Waals surface area contributed by atoms with E-state index in [9.17, 15) is 4.89 Å². The average Bonchev–Trinajstić information content (AvgIpc) is 2.50. The summed E-state index contributed by atoms with van der Waals surface area (Å²) in [5.74, 6) is 0. The second-order valence-electron chi connectivity index (χ2n) is 5.63. The summed E-state index contributed by atoms with van der Waals surface area (Å²) in [5.41, 5.74) is 0. The summed E-state index contributed by atoms with van der Waals surface area (Å²) in [5, 5.41) is 2.33. The molecule has 0 bridgehead atoms. The van der Waals surface area contributed by atoms with Gasteiger partial charge < -0.3 is 0 Å². The summed E-state index contributed by atoms with van der Waals surface area (Å²) < 4.78 is 0. The zero-order valence-corrected chi connectivity index (χ0v) is 12.1. The molecule has 0 amide bonds. The van der Waals surface area contributed by atoms with Crippen molar-refractivity contribution in [3.05, 3.63) is 60.7 Å². The molecule has 0 radical (unpaired) electrons. The maximum absolute atomic E-state index is 11.9. The monoisotopic (exact) mass is 272 g/mol. The van der Waals surface area contributed by atoms with E-state index in [0.29, 0.717) is 0 Å². The van der Waals surface area contributed by atoms with Gasteiger partial charge in [0.2, 0.25) is 0 Å². The molecule has 19 heavy (non-hydrogen) atoms. The van der Waals surface area contributed by atoms with Gasteiger partial charge in [-0.1, -0.05) is 0 Å². The van der Waals surface area contributed by atoms with Gasteiger partial charge in [0.15, 0.2) is 0 Å². The third-order valence-electron chi connectivity index (χ3n) is 4.51. The van der Waals surface area contributed by atoms with Crippen LogP contribution in [0.1, 0.15) is 19.3 Å². The van der Waals surface area contributed by atoms with Crippen LogP contribution in [0.25, 0.3) is 0 Å². The van der Waals surface area contributed by atoms with E-state index >= 15 is 0 Å². The Morgan fingerprint density at radius 1 is 0.632 bits per heavy atom. The number of hydrogen-bond acceptors (Lipinski definition) is 1. The topological polar surface area (TPSA) is 20.2 Å². The fourth-order valence-electron chi connectivity index (χ4n) is 3.42. The van der Waals surface area contributed by atoms with Gasteiger partial charge >= 0.3 is 115 Å². The molecule has 2 aromatic rings. The van der Waals surface area contributed by atoms with E-state index in [-0.39, 0.29) is 0 Å². The van der Waals surface area contributed by atoms with Gasteiger partial charge in [0.25, 0.3) is 0 Å². The first kappa shape index (κ1) is 12.8. The predicted molar refractivity (Wildman–Crippen MR) is 84.9 cm³/mol. The van der Waals surface area contributed by atoms with Crippen molar-refractivity contribution in [2.75, 3.05) is 12.3 Å². The van der Waals surface area contributed by atoms with Crippen LogP contribution in [0.3, 0.4) is 0 Å². The molecule has 0 saturated carbocycles. The van der Waals surface area contributed by atoms with E-state index in [2.05, 4.69) is 48.5 Å². The first-order chi connectivity index (χ1) is 9.23. The summed E-state index contributed by atoms with van der Waals surface area (Å²) in [4.78, 5) is 11.9. The van der Waals surface area contributed by atoms with Gasteiger partial charge in [-0.15, -0.1) is 0 Å². The molecule has 1 saturated heterocycles. The van der Waals surface area contributed by atoms with Crippen molar-refractivity contribution < 1.29 is 4.89 Å². The van der Waals surface area contributed by atoms with Crippen molar-refractivity contribution in [3.8, 4) is 0 Å². The van der Waals surface area contributed by atoms with E-state index in [0.717, 1.165) is 25.2 Å². The van der Waals surface area contributed by atoms with Crippen LogP contribution in [-0.2, 0) is 0 Å². The molecule has 2 aromatic carbocycles. The van der Waals surface area contributed by atoms with Crippen LogP contribution >= 0.6 is 6.83 Å². The molecule has 2 heteroatoms. The Kier molecular flexibility index (Phi) is 3.20. The molecule has 1 fully saturated rings. The Balaban J connectivity index is 2.22. The molecular weight excluding hydrogens is 251 g/mol. The van der Waals surface area contributed by atoms with Crippen molar-refractivity contribution in [2.45, 2.75) is 19.3 Å². The summed E-state index contributed by atoms with van der Waals surface area (Å²) in [6.45, 7) is -2.93. The molecule has 0 aromatic heterocycles. The van der Waals surface area contributed by atoms with E-state index in [4.69, 9.17) is 0 Å². The minimum atomic E-state index is -2.93. The van der Waals surface area contributed by atoms with Crippen LogP contribution in [0.15, 0.2) is 60.7 Å². The Morgan fingerprint density at radius 3 is 1.47 bits per heavy atom. The Labute approximate surface area is 115 Å². The molecule has 0 spiro atoms. The van der Waals surface area contributed by atoms with E-state index in [1.54, 1.807) is 0 Å². The predicted octanol–water partition coefficient (Wildman–Crippen LogP) is 3.28. The van der Waals surface area contributed by atoms with Crippen LogP contribution < -0.4 is 10.6 Å². The fraction of sp³-hybridized carbons (Fsp3) is 0.294. The second-order valence-corrected chi connectivity index (χ2v) is 10.5. The zero-order valence-electron chi connectivity index (χ0n) is 11.2. The molecule has 100 valence electrons. The molecule has 1 heterocycles. The Morgan fingerprint density at radius 2 is 1.05 bits per heavy atom. The van der Waals surface area contributed by atoms with Crippen molar-refractivity contribution in [1.29, 1.82) is 0 Å². The Hall–Kier alpha value is -1.17. The van der Waals surface area contributed by atoms with Crippen LogP contribution in [0.4, 0.5) is 0 Å². The number of rotatable bonds is 2. The van der Waals surface area contributed by atoms with E-state index in [1.807, 2.05) is 12.1 Å². The van der Waals surface area contributed by atoms with Crippen molar-refractivity contribution in [2.24, 2.45) is 0 Å². The summed E-state index contributed by atoms with van der Waals surface area (Å²) in [7, 11) is 0. The summed E-state index contributed by atoms with van der Waals surface area (Å²) >= 11 is 0. The van der Waals surface area contributed by atoms with Gasteiger partial charge in [0.1, 0.15) is 0 Å². The van der Waals surface area contributed by atoms with Crippen molar-refractivity contribution in [3.63, 3.8) is 0 Å². The maximum atomic E-state index is 11.9. The third kappa shape index (κ3) is 2.02. The molecular formula is C17H21OP. The molecule has 1 nitrogen and oxygen atoms in total. The molecule has 1 aliphatic rings. The first-order valence-electron chi connectivity index (χ1n) is 7.10. The van der Waals surface area contributed by atoms with Crippen LogP contribution in [0.5, 0.6) is 0 Å². The summed E-state index contributed by atoms with van der Waals surface area (Å²) in [6, 6.07) is 20.8.